The molecule has 0 unspecified atom stereocenters. The smallest absolute Gasteiger partial charge is 0.475 e. The van der Waals surface area contributed by atoms with Gasteiger partial charge in [-0.3, -0.25) is 4.79 Å². The van der Waals surface area contributed by atoms with Gasteiger partial charge in [-0.15, -0.1) is 0 Å². The number of carbonyl (C=O) groups excluding carboxylic acids is 1. The molecular weight excluding hydrogens is 439 g/mol. The zero-order valence-corrected chi connectivity index (χ0v) is 17.1. The molecule has 8 nitrogen and oxygen atoms in total. The number of benzene rings is 1. The maximum absolute atomic E-state index is 12.3. The van der Waals surface area contributed by atoms with Gasteiger partial charge in [-0.2, -0.15) is 13.2 Å². The summed E-state index contributed by atoms with van der Waals surface area (Å²) in [4.78, 5) is 21.2. The maximum Gasteiger partial charge on any atom is 0.490 e. The van der Waals surface area contributed by atoms with Gasteiger partial charge in [0.15, 0.2) is 0 Å². The molecule has 13 heteroatoms. The molecule has 0 spiro atoms. The van der Waals surface area contributed by atoms with E-state index in [4.69, 9.17) is 27.2 Å². The maximum atomic E-state index is 12.3. The van der Waals surface area contributed by atoms with Gasteiger partial charge in [-0.25, -0.2) is 17.5 Å². The van der Waals surface area contributed by atoms with Crippen LogP contribution in [0.4, 0.5) is 18.9 Å². The fourth-order valence-electron chi connectivity index (χ4n) is 2.51. The van der Waals surface area contributed by atoms with Crippen LogP contribution in [-0.4, -0.2) is 56.0 Å². The third-order valence-electron chi connectivity index (χ3n) is 4.12. The van der Waals surface area contributed by atoms with Crippen molar-refractivity contribution in [2.24, 2.45) is 11.7 Å². The van der Waals surface area contributed by atoms with Crippen LogP contribution in [0.15, 0.2) is 23.1 Å². The number of nitrogens with one attached hydrogen (secondary N) is 1. The van der Waals surface area contributed by atoms with Crippen molar-refractivity contribution >= 4 is 39.2 Å². The molecule has 1 aromatic carbocycles. The molecule has 2 atom stereocenters. The van der Waals surface area contributed by atoms with Crippen LogP contribution in [0.3, 0.4) is 0 Å². The van der Waals surface area contributed by atoms with E-state index in [0.717, 1.165) is 23.6 Å². The van der Waals surface area contributed by atoms with E-state index in [2.05, 4.69) is 5.32 Å². The number of rotatable bonds is 4. The molecule has 1 aliphatic rings. The first-order valence-corrected chi connectivity index (χ1v) is 10.1. The molecule has 1 fully saturated rings. The lowest BCUT2D eigenvalue weighted by molar-refractivity contribution is -0.192. The number of carboxylic acids is 1. The fraction of sp³-hybridized carbons (Fsp3) is 0.500. The lowest BCUT2D eigenvalue weighted by Crippen LogP contribution is -2.34. The summed E-state index contributed by atoms with van der Waals surface area (Å²) < 4.78 is 57.1. The third-order valence-corrected chi connectivity index (χ3v) is 6.26. The molecule has 0 heterocycles. The van der Waals surface area contributed by atoms with Gasteiger partial charge in [0.05, 0.1) is 21.5 Å². The molecule has 1 aliphatic carbocycles. The molecule has 1 saturated carbocycles. The van der Waals surface area contributed by atoms with Crippen LogP contribution in [-0.2, 0) is 19.6 Å². The van der Waals surface area contributed by atoms with Gasteiger partial charge >= 0.3 is 12.1 Å². The topological polar surface area (TPSA) is 130 Å². The number of hydrogen-bond acceptors (Lipinski definition) is 5. The molecule has 164 valence electrons. The number of carboxylic acid groups (broad SMARTS) is 1. The number of alkyl halides is 3. The Morgan fingerprint density at radius 2 is 1.83 bits per heavy atom. The highest BCUT2D eigenvalue weighted by Gasteiger charge is 2.38. The monoisotopic (exact) mass is 459 g/mol. The minimum Gasteiger partial charge on any atom is -0.475 e. The van der Waals surface area contributed by atoms with Crippen LogP contribution in [0, 0.1) is 5.92 Å². The predicted octanol–water partition coefficient (Wildman–Crippen LogP) is 2.29. The fourth-order valence-corrected chi connectivity index (χ4v) is 3.60. The van der Waals surface area contributed by atoms with Crippen LogP contribution in [0.25, 0.3) is 0 Å². The summed E-state index contributed by atoms with van der Waals surface area (Å²) in [5.41, 5.74) is 6.20. The van der Waals surface area contributed by atoms with Crippen LogP contribution in [0.1, 0.15) is 19.3 Å². The standard InChI is InChI=1S/C14H20ClN3O3S.C2HF3O2/c1-18(2)22(20,21)9-6-7-11(15)13(8-9)17-14(19)10-4-3-5-12(10)16;3-2(4,5)1(6)7/h6-8,10,12H,3-5,16H2,1-2H3,(H,17,19);(H,6,7)/t10-,12+;/m0./s1. The number of nitrogens with zero attached hydrogens (tertiary/aromatic N) is 1. The van der Waals surface area contributed by atoms with Gasteiger partial charge in [0.1, 0.15) is 0 Å². The summed E-state index contributed by atoms with van der Waals surface area (Å²) in [6.45, 7) is 0. The highest BCUT2D eigenvalue weighted by atomic mass is 35.5. The quantitative estimate of drug-likeness (QED) is 0.633. The molecule has 0 aliphatic heterocycles. The lowest BCUT2D eigenvalue weighted by Gasteiger charge is -2.17. The van der Waals surface area contributed by atoms with E-state index in [1.165, 1.54) is 32.3 Å². The molecule has 1 aromatic rings. The second-order valence-electron chi connectivity index (χ2n) is 6.42. The number of halogens is 4. The Kier molecular flexibility index (Phi) is 8.45. The van der Waals surface area contributed by atoms with Crippen molar-refractivity contribution in [1.29, 1.82) is 0 Å². The Labute approximate surface area is 170 Å². The number of aliphatic carboxylic acids is 1. The van der Waals surface area contributed by atoms with E-state index in [9.17, 15) is 26.4 Å². The van der Waals surface area contributed by atoms with Gasteiger partial charge in [-0.1, -0.05) is 18.0 Å². The number of carbonyl (C=O) groups is 2. The number of sulfonamides is 1. The zero-order chi connectivity index (χ0) is 22.6. The van der Waals surface area contributed by atoms with Crippen molar-refractivity contribution in [1.82, 2.24) is 4.31 Å². The van der Waals surface area contributed by atoms with Crippen molar-refractivity contribution in [3.8, 4) is 0 Å². The van der Waals surface area contributed by atoms with E-state index < -0.39 is 22.2 Å². The summed E-state index contributed by atoms with van der Waals surface area (Å²) in [5.74, 6) is -3.23. The number of anilines is 1. The number of nitrogens with two attached hydrogens (primary N) is 1. The SMILES string of the molecule is CN(C)S(=O)(=O)c1ccc(Cl)c(NC(=O)[C@H]2CCC[C@H]2N)c1.O=C(O)C(F)(F)F. The second-order valence-corrected chi connectivity index (χ2v) is 8.98. The predicted molar refractivity (Wildman–Crippen MR) is 100.0 cm³/mol. The zero-order valence-electron chi connectivity index (χ0n) is 15.5. The Bertz CT molecular complexity index is 862. The Hall–Kier alpha value is -1.89. The minimum atomic E-state index is -5.08. The first kappa shape index (κ1) is 25.1. The number of amides is 1. The molecule has 0 saturated heterocycles. The van der Waals surface area contributed by atoms with E-state index in [0.29, 0.717) is 0 Å². The molecule has 0 radical (unpaired) electrons. The molecule has 1 amide bonds. The van der Waals surface area contributed by atoms with Gasteiger partial charge in [0, 0.05) is 20.1 Å². The Morgan fingerprint density at radius 3 is 2.24 bits per heavy atom. The van der Waals surface area contributed by atoms with Crippen LogP contribution < -0.4 is 11.1 Å². The molecule has 29 heavy (non-hydrogen) atoms. The van der Waals surface area contributed by atoms with E-state index in [1.807, 2.05) is 0 Å². The Balaban J connectivity index is 0.000000516. The van der Waals surface area contributed by atoms with Crippen molar-refractivity contribution in [2.45, 2.75) is 36.4 Å². The third kappa shape index (κ3) is 6.84. The molecular formula is C16H21ClF3N3O5S. The van der Waals surface area contributed by atoms with Crippen molar-refractivity contribution < 1.29 is 36.3 Å². The minimum absolute atomic E-state index is 0.0768. The van der Waals surface area contributed by atoms with E-state index in [-0.39, 0.29) is 33.5 Å². The summed E-state index contributed by atoms with van der Waals surface area (Å²) in [6.07, 6.45) is -2.61. The first-order chi connectivity index (χ1) is 13.2. The molecule has 0 aromatic heterocycles. The van der Waals surface area contributed by atoms with Gasteiger partial charge in [-0.05, 0) is 31.0 Å². The highest BCUT2D eigenvalue weighted by molar-refractivity contribution is 7.89. The summed E-state index contributed by atoms with van der Waals surface area (Å²) in [6, 6.07) is 4.08. The highest BCUT2D eigenvalue weighted by Crippen LogP contribution is 2.29. The van der Waals surface area contributed by atoms with Gasteiger partial charge in [0.2, 0.25) is 15.9 Å². The molecule has 2 rings (SSSR count). The Morgan fingerprint density at radius 1 is 1.28 bits per heavy atom. The van der Waals surface area contributed by atoms with Crippen molar-refractivity contribution in [3.63, 3.8) is 0 Å². The average molecular weight is 460 g/mol. The summed E-state index contributed by atoms with van der Waals surface area (Å²) in [7, 11) is -0.695. The van der Waals surface area contributed by atoms with Crippen molar-refractivity contribution in [2.75, 3.05) is 19.4 Å². The van der Waals surface area contributed by atoms with Crippen LogP contribution in [0.5, 0.6) is 0 Å². The first-order valence-electron chi connectivity index (χ1n) is 8.26. The van der Waals surface area contributed by atoms with Gasteiger partial charge in [0.25, 0.3) is 0 Å². The van der Waals surface area contributed by atoms with E-state index >= 15 is 0 Å². The number of hydrogen-bond donors (Lipinski definition) is 3. The summed E-state index contributed by atoms with van der Waals surface area (Å²) >= 11 is 6.06. The van der Waals surface area contributed by atoms with E-state index in [1.54, 1.807) is 0 Å². The molecule has 4 N–H and O–H groups in total. The molecule has 0 bridgehead atoms. The van der Waals surface area contributed by atoms with Gasteiger partial charge < -0.3 is 16.2 Å². The summed E-state index contributed by atoms with van der Waals surface area (Å²) in [5, 5.41) is 10.1. The average Bonchev–Trinajstić information content (AvgIpc) is 3.02. The van der Waals surface area contributed by atoms with Crippen molar-refractivity contribution in [3.05, 3.63) is 23.2 Å². The normalized spacial score (nSPS) is 19.4. The second kappa shape index (κ2) is 9.74. The van der Waals surface area contributed by atoms with Crippen LogP contribution in [0.2, 0.25) is 5.02 Å². The largest absolute Gasteiger partial charge is 0.490 e. The van der Waals surface area contributed by atoms with Crippen LogP contribution >= 0.6 is 11.6 Å². The lowest BCUT2D eigenvalue weighted by atomic mass is 10.0.